The Balaban J connectivity index is 3.17. The minimum atomic E-state index is -3.46. The van der Waals surface area contributed by atoms with Gasteiger partial charge >= 0.3 is 10.2 Å². The third-order valence-electron chi connectivity index (χ3n) is 2.14. The lowest BCUT2D eigenvalue weighted by atomic mass is 10.1. The van der Waals surface area contributed by atoms with Gasteiger partial charge in [0, 0.05) is 18.6 Å². The molecule has 0 aliphatic carbocycles. The van der Waals surface area contributed by atoms with Crippen LogP contribution in [0.5, 0.6) is 0 Å². The van der Waals surface area contributed by atoms with Crippen molar-refractivity contribution < 1.29 is 8.42 Å². The molecule has 0 radical (unpaired) electrons. The van der Waals surface area contributed by atoms with Crippen molar-refractivity contribution in [1.82, 2.24) is 4.31 Å². The van der Waals surface area contributed by atoms with E-state index in [9.17, 15) is 8.42 Å². The Morgan fingerprint density at radius 2 is 1.81 bits per heavy atom. The van der Waals surface area contributed by atoms with Gasteiger partial charge in [0.05, 0.1) is 5.69 Å². The van der Waals surface area contributed by atoms with Gasteiger partial charge in [0.2, 0.25) is 0 Å². The number of aryl methyl sites for hydroxylation is 2. The van der Waals surface area contributed by atoms with Gasteiger partial charge in [-0.2, -0.15) is 12.7 Å². The maximum Gasteiger partial charge on any atom is 0.301 e. The lowest BCUT2D eigenvalue weighted by molar-refractivity contribution is 0.526. The number of hydrogen-bond donors (Lipinski definition) is 1. The molecule has 0 saturated heterocycles. The second-order valence-corrected chi connectivity index (χ2v) is 6.57. The Labute approximate surface area is 105 Å². The largest absolute Gasteiger partial charge is 0.301 e. The van der Waals surface area contributed by atoms with Crippen molar-refractivity contribution in [2.24, 2.45) is 0 Å². The van der Waals surface area contributed by atoms with Gasteiger partial charge in [0.15, 0.2) is 0 Å². The predicted octanol–water partition coefficient (Wildman–Crippen LogP) is 2.28. The quantitative estimate of drug-likeness (QED) is 0.931. The summed E-state index contributed by atoms with van der Waals surface area (Å²) in [5.41, 5.74) is 2.55. The molecule has 0 heterocycles. The molecule has 90 valence electrons. The van der Waals surface area contributed by atoms with E-state index in [4.69, 9.17) is 0 Å². The van der Waals surface area contributed by atoms with Crippen molar-refractivity contribution in [3.8, 4) is 0 Å². The van der Waals surface area contributed by atoms with Gasteiger partial charge in [0.1, 0.15) is 0 Å². The highest BCUT2D eigenvalue weighted by atomic mass is 79.9. The van der Waals surface area contributed by atoms with Gasteiger partial charge in [0.25, 0.3) is 0 Å². The van der Waals surface area contributed by atoms with E-state index in [1.165, 1.54) is 14.1 Å². The highest BCUT2D eigenvalue weighted by molar-refractivity contribution is 9.10. The average Bonchev–Trinajstić information content (AvgIpc) is 2.11. The van der Waals surface area contributed by atoms with Crippen LogP contribution in [-0.2, 0) is 10.2 Å². The summed E-state index contributed by atoms with van der Waals surface area (Å²) in [6.45, 7) is 3.83. The molecule has 0 bridgehead atoms. The van der Waals surface area contributed by atoms with Gasteiger partial charge in [-0.3, -0.25) is 4.72 Å². The monoisotopic (exact) mass is 306 g/mol. The Morgan fingerprint density at radius 1 is 1.25 bits per heavy atom. The predicted molar refractivity (Wildman–Crippen MR) is 69.8 cm³/mol. The molecule has 1 aromatic rings. The fourth-order valence-corrected chi connectivity index (χ4v) is 2.88. The van der Waals surface area contributed by atoms with E-state index < -0.39 is 10.2 Å². The lowest BCUT2D eigenvalue weighted by Gasteiger charge is -2.16. The number of nitrogens with one attached hydrogen (secondary N) is 1. The van der Waals surface area contributed by atoms with E-state index in [2.05, 4.69) is 20.7 Å². The SMILES string of the molecule is Cc1cc(C)c(NS(=O)(=O)N(C)C)c(Br)c1. The summed E-state index contributed by atoms with van der Waals surface area (Å²) in [4.78, 5) is 0. The topological polar surface area (TPSA) is 49.4 Å². The number of hydrogen-bond acceptors (Lipinski definition) is 2. The molecule has 1 N–H and O–H groups in total. The zero-order valence-electron chi connectivity index (χ0n) is 9.70. The van der Waals surface area contributed by atoms with Crippen LogP contribution in [0.15, 0.2) is 16.6 Å². The summed E-state index contributed by atoms with van der Waals surface area (Å²) in [5, 5.41) is 0. The molecule has 0 unspecified atom stereocenters. The molecule has 0 amide bonds. The van der Waals surface area contributed by atoms with E-state index in [0.717, 1.165) is 19.9 Å². The third-order valence-corrected chi connectivity index (χ3v) is 4.19. The summed E-state index contributed by atoms with van der Waals surface area (Å²) >= 11 is 3.35. The van der Waals surface area contributed by atoms with E-state index >= 15 is 0 Å². The number of halogens is 1. The molecular formula is C10H15BrN2O2S. The van der Waals surface area contributed by atoms with Gasteiger partial charge in [-0.15, -0.1) is 0 Å². The van der Waals surface area contributed by atoms with E-state index in [-0.39, 0.29) is 0 Å². The van der Waals surface area contributed by atoms with Crippen LogP contribution in [-0.4, -0.2) is 26.8 Å². The van der Waals surface area contributed by atoms with E-state index in [1.54, 1.807) is 0 Å². The maximum atomic E-state index is 11.7. The van der Waals surface area contributed by atoms with Crippen molar-refractivity contribution in [3.05, 3.63) is 27.7 Å². The molecule has 16 heavy (non-hydrogen) atoms. The Kier molecular flexibility index (Phi) is 3.98. The summed E-state index contributed by atoms with van der Waals surface area (Å²) in [6, 6.07) is 3.80. The van der Waals surface area contributed by atoms with Gasteiger partial charge in [-0.1, -0.05) is 6.07 Å². The van der Waals surface area contributed by atoms with Crippen LogP contribution < -0.4 is 4.72 Å². The first kappa shape index (κ1) is 13.5. The normalized spacial score (nSPS) is 11.9. The van der Waals surface area contributed by atoms with Crippen LogP contribution in [0.25, 0.3) is 0 Å². The minimum absolute atomic E-state index is 0.583. The molecule has 0 aromatic heterocycles. The molecule has 0 spiro atoms. The maximum absolute atomic E-state index is 11.7. The Hall–Kier alpha value is -0.590. The number of anilines is 1. The van der Waals surface area contributed by atoms with Crippen LogP contribution >= 0.6 is 15.9 Å². The Morgan fingerprint density at radius 3 is 2.25 bits per heavy atom. The molecule has 1 rings (SSSR count). The van der Waals surface area contributed by atoms with Gasteiger partial charge < -0.3 is 0 Å². The first-order valence-electron chi connectivity index (χ1n) is 4.71. The highest BCUT2D eigenvalue weighted by Gasteiger charge is 2.16. The molecule has 6 heteroatoms. The first-order valence-corrected chi connectivity index (χ1v) is 6.94. The number of rotatable bonds is 3. The van der Waals surface area contributed by atoms with Crippen LogP contribution in [0.4, 0.5) is 5.69 Å². The van der Waals surface area contributed by atoms with E-state index in [0.29, 0.717) is 5.69 Å². The zero-order chi connectivity index (χ0) is 12.5. The number of nitrogens with zero attached hydrogens (tertiary/aromatic N) is 1. The fourth-order valence-electron chi connectivity index (χ4n) is 1.27. The third kappa shape index (κ3) is 2.96. The number of benzene rings is 1. The molecule has 0 atom stereocenters. The summed E-state index contributed by atoms with van der Waals surface area (Å²) in [5.74, 6) is 0. The second kappa shape index (κ2) is 4.73. The van der Waals surface area contributed by atoms with Crippen LogP contribution in [0, 0.1) is 13.8 Å². The van der Waals surface area contributed by atoms with Crippen molar-refractivity contribution in [3.63, 3.8) is 0 Å². The molecular weight excluding hydrogens is 292 g/mol. The van der Waals surface area contributed by atoms with Crippen LogP contribution in [0.3, 0.4) is 0 Å². The Bertz CT molecular complexity index is 475. The lowest BCUT2D eigenvalue weighted by Crippen LogP contribution is -2.29. The fraction of sp³-hybridized carbons (Fsp3) is 0.400. The van der Waals surface area contributed by atoms with Gasteiger partial charge in [-0.25, -0.2) is 0 Å². The molecule has 0 aliphatic heterocycles. The van der Waals surface area contributed by atoms with Crippen molar-refractivity contribution in [2.45, 2.75) is 13.8 Å². The standard InChI is InChI=1S/C10H15BrN2O2S/c1-7-5-8(2)10(9(11)6-7)12-16(14,15)13(3)4/h5-6,12H,1-4H3. The molecule has 0 aliphatic rings. The van der Waals surface area contributed by atoms with Crippen molar-refractivity contribution >= 4 is 31.8 Å². The first-order chi connectivity index (χ1) is 7.24. The van der Waals surface area contributed by atoms with Crippen molar-refractivity contribution in [2.75, 3.05) is 18.8 Å². The van der Waals surface area contributed by atoms with Crippen molar-refractivity contribution in [1.29, 1.82) is 0 Å². The van der Waals surface area contributed by atoms with Crippen LogP contribution in [0.1, 0.15) is 11.1 Å². The van der Waals surface area contributed by atoms with Gasteiger partial charge in [-0.05, 0) is 47.0 Å². The summed E-state index contributed by atoms with van der Waals surface area (Å²) in [6.07, 6.45) is 0. The zero-order valence-corrected chi connectivity index (χ0v) is 12.1. The highest BCUT2D eigenvalue weighted by Crippen LogP contribution is 2.28. The smallest absolute Gasteiger partial charge is 0.270 e. The molecule has 4 nitrogen and oxygen atoms in total. The minimum Gasteiger partial charge on any atom is -0.270 e. The average molecular weight is 307 g/mol. The molecule has 1 aromatic carbocycles. The molecule has 0 saturated carbocycles. The molecule has 0 fully saturated rings. The van der Waals surface area contributed by atoms with E-state index in [1.807, 2.05) is 26.0 Å². The summed E-state index contributed by atoms with van der Waals surface area (Å²) < 4.78 is 27.8. The van der Waals surface area contributed by atoms with Crippen LogP contribution in [0.2, 0.25) is 0 Å². The second-order valence-electron chi connectivity index (χ2n) is 3.83. The summed E-state index contributed by atoms with van der Waals surface area (Å²) in [7, 11) is -0.484.